The standard InChI is InChI=1S/C11H21NO3/c1-3-15-11(14)5-4-7-12-9-10(2)6-8-13/h4-5,10,12-13H,3,6-9H2,1-2H3/b5-4+. The zero-order valence-corrected chi connectivity index (χ0v) is 9.53. The number of nitrogens with one attached hydrogen (secondary N) is 1. The van der Waals surface area contributed by atoms with Crippen molar-refractivity contribution in [3.8, 4) is 0 Å². The lowest BCUT2D eigenvalue weighted by atomic mass is 10.1. The predicted octanol–water partition coefficient (Wildman–Crippen LogP) is 0.714. The first kappa shape index (κ1) is 14.1. The fraction of sp³-hybridized carbons (Fsp3) is 0.727. The van der Waals surface area contributed by atoms with Crippen LogP contribution >= 0.6 is 0 Å². The second-order valence-electron chi connectivity index (χ2n) is 3.43. The summed E-state index contributed by atoms with van der Waals surface area (Å²) in [6.07, 6.45) is 3.96. The SMILES string of the molecule is CCOC(=O)/C=C/CNCC(C)CCO. The lowest BCUT2D eigenvalue weighted by Crippen LogP contribution is -2.22. The van der Waals surface area contributed by atoms with Crippen molar-refractivity contribution in [3.63, 3.8) is 0 Å². The van der Waals surface area contributed by atoms with Gasteiger partial charge in [0.25, 0.3) is 0 Å². The van der Waals surface area contributed by atoms with Crippen LogP contribution in [-0.4, -0.2) is 37.4 Å². The van der Waals surface area contributed by atoms with Gasteiger partial charge in [-0.3, -0.25) is 0 Å². The van der Waals surface area contributed by atoms with E-state index in [0.29, 0.717) is 19.1 Å². The van der Waals surface area contributed by atoms with E-state index in [2.05, 4.69) is 12.2 Å². The van der Waals surface area contributed by atoms with Crippen LogP contribution in [0.4, 0.5) is 0 Å². The van der Waals surface area contributed by atoms with Crippen LogP contribution in [0.3, 0.4) is 0 Å². The van der Waals surface area contributed by atoms with Gasteiger partial charge in [-0.2, -0.15) is 0 Å². The summed E-state index contributed by atoms with van der Waals surface area (Å²) in [6, 6.07) is 0. The second kappa shape index (κ2) is 9.68. The summed E-state index contributed by atoms with van der Waals surface area (Å²) in [5.41, 5.74) is 0. The number of rotatable bonds is 8. The van der Waals surface area contributed by atoms with Gasteiger partial charge in [0, 0.05) is 19.2 Å². The highest BCUT2D eigenvalue weighted by molar-refractivity contribution is 5.81. The van der Waals surface area contributed by atoms with E-state index in [4.69, 9.17) is 9.84 Å². The smallest absolute Gasteiger partial charge is 0.330 e. The average molecular weight is 215 g/mol. The molecule has 0 aromatic rings. The molecule has 0 radical (unpaired) electrons. The van der Waals surface area contributed by atoms with Crippen LogP contribution in [0.2, 0.25) is 0 Å². The van der Waals surface area contributed by atoms with Gasteiger partial charge in [0.2, 0.25) is 0 Å². The Bertz CT molecular complexity index is 192. The Balaban J connectivity index is 3.41. The van der Waals surface area contributed by atoms with Crippen LogP contribution in [0, 0.1) is 5.92 Å². The van der Waals surface area contributed by atoms with Crippen LogP contribution in [0.25, 0.3) is 0 Å². The van der Waals surface area contributed by atoms with Gasteiger partial charge in [0.1, 0.15) is 0 Å². The third-order valence-corrected chi connectivity index (χ3v) is 1.92. The van der Waals surface area contributed by atoms with Crippen molar-refractivity contribution in [1.82, 2.24) is 5.32 Å². The highest BCUT2D eigenvalue weighted by Crippen LogP contribution is 1.97. The molecule has 0 aliphatic rings. The number of carbonyl (C=O) groups excluding carboxylic acids is 1. The summed E-state index contributed by atoms with van der Waals surface area (Å²) >= 11 is 0. The van der Waals surface area contributed by atoms with E-state index >= 15 is 0 Å². The molecule has 0 aliphatic heterocycles. The van der Waals surface area contributed by atoms with Gasteiger partial charge >= 0.3 is 5.97 Å². The first-order valence-corrected chi connectivity index (χ1v) is 5.35. The van der Waals surface area contributed by atoms with Crippen molar-refractivity contribution in [2.45, 2.75) is 20.3 Å². The van der Waals surface area contributed by atoms with Gasteiger partial charge < -0.3 is 15.2 Å². The molecule has 0 aromatic carbocycles. The van der Waals surface area contributed by atoms with E-state index < -0.39 is 0 Å². The molecule has 4 heteroatoms. The maximum absolute atomic E-state index is 10.9. The van der Waals surface area contributed by atoms with Crippen molar-refractivity contribution in [2.24, 2.45) is 5.92 Å². The van der Waals surface area contributed by atoms with E-state index in [1.54, 1.807) is 13.0 Å². The largest absolute Gasteiger partial charge is 0.463 e. The lowest BCUT2D eigenvalue weighted by Gasteiger charge is -2.08. The van der Waals surface area contributed by atoms with Crippen LogP contribution in [-0.2, 0) is 9.53 Å². The lowest BCUT2D eigenvalue weighted by molar-refractivity contribution is -0.137. The summed E-state index contributed by atoms with van der Waals surface area (Å²) in [6.45, 7) is 5.97. The summed E-state index contributed by atoms with van der Waals surface area (Å²) in [5, 5.41) is 11.8. The van der Waals surface area contributed by atoms with E-state index in [0.717, 1.165) is 13.0 Å². The third kappa shape index (κ3) is 9.43. The van der Waals surface area contributed by atoms with Crippen molar-refractivity contribution in [2.75, 3.05) is 26.3 Å². The van der Waals surface area contributed by atoms with Gasteiger partial charge in [0.15, 0.2) is 0 Å². The molecule has 0 aliphatic carbocycles. The van der Waals surface area contributed by atoms with Crippen LogP contribution in [0.1, 0.15) is 20.3 Å². The molecule has 0 aromatic heterocycles. The molecule has 0 fully saturated rings. The molecule has 0 spiro atoms. The topological polar surface area (TPSA) is 58.6 Å². The molecule has 0 saturated heterocycles. The van der Waals surface area contributed by atoms with Crippen LogP contribution < -0.4 is 5.32 Å². The Morgan fingerprint density at radius 3 is 2.93 bits per heavy atom. The molecule has 1 atom stereocenters. The van der Waals surface area contributed by atoms with Crippen molar-refractivity contribution in [1.29, 1.82) is 0 Å². The monoisotopic (exact) mass is 215 g/mol. The van der Waals surface area contributed by atoms with E-state index in [9.17, 15) is 4.79 Å². The van der Waals surface area contributed by atoms with Gasteiger partial charge in [-0.15, -0.1) is 0 Å². The number of aliphatic hydroxyl groups is 1. The number of aliphatic hydroxyl groups excluding tert-OH is 1. The number of ether oxygens (including phenoxy) is 1. The molecule has 88 valence electrons. The molecule has 4 nitrogen and oxygen atoms in total. The summed E-state index contributed by atoms with van der Waals surface area (Å²) in [7, 11) is 0. The first-order chi connectivity index (χ1) is 7.20. The van der Waals surface area contributed by atoms with Gasteiger partial charge in [-0.05, 0) is 25.8 Å². The number of esters is 1. The Morgan fingerprint density at radius 1 is 1.60 bits per heavy atom. The van der Waals surface area contributed by atoms with Gasteiger partial charge in [0.05, 0.1) is 6.61 Å². The number of hydrogen-bond donors (Lipinski definition) is 2. The minimum absolute atomic E-state index is 0.224. The zero-order chi connectivity index (χ0) is 11.5. The highest BCUT2D eigenvalue weighted by atomic mass is 16.5. The molecule has 0 amide bonds. The van der Waals surface area contributed by atoms with Crippen molar-refractivity contribution >= 4 is 5.97 Å². The second-order valence-corrected chi connectivity index (χ2v) is 3.43. The molecule has 15 heavy (non-hydrogen) atoms. The highest BCUT2D eigenvalue weighted by Gasteiger charge is 1.98. The van der Waals surface area contributed by atoms with E-state index in [1.807, 2.05) is 0 Å². The summed E-state index contributed by atoms with van der Waals surface area (Å²) in [5.74, 6) is 0.147. The third-order valence-electron chi connectivity index (χ3n) is 1.92. The molecule has 0 bridgehead atoms. The Morgan fingerprint density at radius 2 is 2.33 bits per heavy atom. The molecule has 0 rings (SSSR count). The van der Waals surface area contributed by atoms with Crippen LogP contribution in [0.15, 0.2) is 12.2 Å². The molecule has 2 N–H and O–H groups in total. The zero-order valence-electron chi connectivity index (χ0n) is 9.53. The molecule has 1 unspecified atom stereocenters. The normalized spacial score (nSPS) is 13.0. The first-order valence-electron chi connectivity index (χ1n) is 5.35. The minimum Gasteiger partial charge on any atom is -0.463 e. The summed E-state index contributed by atoms with van der Waals surface area (Å²) in [4.78, 5) is 10.9. The Labute approximate surface area is 91.3 Å². The number of carbonyl (C=O) groups is 1. The molecule has 0 heterocycles. The quantitative estimate of drug-likeness (QED) is 0.356. The predicted molar refractivity (Wildman–Crippen MR) is 59.5 cm³/mol. The maximum Gasteiger partial charge on any atom is 0.330 e. The van der Waals surface area contributed by atoms with Gasteiger partial charge in [-0.1, -0.05) is 13.0 Å². The Hall–Kier alpha value is -0.870. The van der Waals surface area contributed by atoms with Crippen molar-refractivity contribution < 1.29 is 14.6 Å². The Kier molecular flexibility index (Phi) is 9.11. The molecular formula is C11H21NO3. The molecular weight excluding hydrogens is 194 g/mol. The molecule has 0 saturated carbocycles. The fourth-order valence-corrected chi connectivity index (χ4v) is 1.08. The van der Waals surface area contributed by atoms with Gasteiger partial charge in [-0.25, -0.2) is 4.79 Å². The van der Waals surface area contributed by atoms with E-state index in [-0.39, 0.29) is 12.6 Å². The van der Waals surface area contributed by atoms with E-state index in [1.165, 1.54) is 6.08 Å². The number of hydrogen-bond acceptors (Lipinski definition) is 4. The fourth-order valence-electron chi connectivity index (χ4n) is 1.08. The van der Waals surface area contributed by atoms with Crippen LogP contribution in [0.5, 0.6) is 0 Å². The van der Waals surface area contributed by atoms with Crippen molar-refractivity contribution in [3.05, 3.63) is 12.2 Å². The minimum atomic E-state index is -0.303. The summed E-state index contributed by atoms with van der Waals surface area (Å²) < 4.78 is 4.72. The average Bonchev–Trinajstić information content (AvgIpc) is 2.18. The maximum atomic E-state index is 10.9.